The van der Waals surface area contributed by atoms with Crippen molar-refractivity contribution in [2.75, 3.05) is 0 Å². The Morgan fingerprint density at radius 2 is 2.11 bits per heavy atom. The van der Waals surface area contributed by atoms with Gasteiger partial charge in [-0.2, -0.15) is 5.26 Å². The van der Waals surface area contributed by atoms with Crippen molar-refractivity contribution >= 4 is 15.9 Å². The van der Waals surface area contributed by atoms with Crippen LogP contribution in [-0.2, 0) is 0 Å². The van der Waals surface area contributed by atoms with Crippen molar-refractivity contribution in [2.45, 2.75) is 26.7 Å². The van der Waals surface area contributed by atoms with E-state index in [2.05, 4.69) is 32.3 Å². The highest BCUT2D eigenvalue weighted by Crippen LogP contribution is 2.24. The molecule has 0 unspecified atom stereocenters. The monoisotopic (exact) mass is 304 g/mol. The lowest BCUT2D eigenvalue weighted by atomic mass is 10.1. The maximum absolute atomic E-state index is 9.05. The lowest BCUT2D eigenvalue weighted by molar-refractivity contribution is 0.715. The van der Waals surface area contributed by atoms with Gasteiger partial charge in [0.15, 0.2) is 5.69 Å². The predicted octanol–water partition coefficient (Wildman–Crippen LogP) is 3.33. The summed E-state index contributed by atoms with van der Waals surface area (Å²) < 4.78 is 2.75. The Balaban J connectivity index is 2.61. The van der Waals surface area contributed by atoms with Crippen LogP contribution in [0.1, 0.15) is 36.7 Å². The van der Waals surface area contributed by atoms with Crippen molar-refractivity contribution in [2.24, 2.45) is 0 Å². The Morgan fingerprint density at radius 1 is 1.39 bits per heavy atom. The number of rotatable bonds is 2. The Labute approximate surface area is 114 Å². The molecule has 18 heavy (non-hydrogen) atoms. The Morgan fingerprint density at radius 3 is 2.67 bits per heavy atom. The number of benzene rings is 1. The first-order valence-electron chi connectivity index (χ1n) is 5.66. The van der Waals surface area contributed by atoms with E-state index in [9.17, 15) is 0 Å². The second-order valence-corrected chi connectivity index (χ2v) is 5.29. The van der Waals surface area contributed by atoms with E-state index in [1.54, 1.807) is 4.68 Å². The lowest BCUT2D eigenvalue weighted by Gasteiger charge is -2.10. The van der Waals surface area contributed by atoms with Crippen LogP contribution in [0.5, 0.6) is 0 Å². The average molecular weight is 305 g/mol. The molecule has 0 saturated carbocycles. The SMILES string of the molecule is Cc1ccc(-n2nnc(C#N)c2C(C)C)cc1Br. The van der Waals surface area contributed by atoms with Gasteiger partial charge in [0, 0.05) is 4.47 Å². The van der Waals surface area contributed by atoms with E-state index in [0.717, 1.165) is 21.4 Å². The van der Waals surface area contributed by atoms with Gasteiger partial charge >= 0.3 is 0 Å². The summed E-state index contributed by atoms with van der Waals surface area (Å²) in [5, 5.41) is 17.0. The molecule has 0 saturated heterocycles. The van der Waals surface area contributed by atoms with Gasteiger partial charge in [0.1, 0.15) is 6.07 Å². The molecule has 0 bridgehead atoms. The molecule has 5 heteroatoms. The van der Waals surface area contributed by atoms with Gasteiger partial charge in [0.25, 0.3) is 0 Å². The highest BCUT2D eigenvalue weighted by molar-refractivity contribution is 9.10. The van der Waals surface area contributed by atoms with Crippen molar-refractivity contribution in [1.29, 1.82) is 5.26 Å². The second kappa shape index (κ2) is 4.91. The number of aryl methyl sites for hydroxylation is 1. The Bertz CT molecular complexity index is 622. The third kappa shape index (κ3) is 2.16. The van der Waals surface area contributed by atoms with E-state index in [-0.39, 0.29) is 5.92 Å². The lowest BCUT2D eigenvalue weighted by Crippen LogP contribution is -2.05. The van der Waals surface area contributed by atoms with Crippen LogP contribution in [0.3, 0.4) is 0 Å². The quantitative estimate of drug-likeness (QED) is 0.855. The molecular formula is C13H13BrN4. The summed E-state index contributed by atoms with van der Waals surface area (Å²) >= 11 is 3.50. The molecular weight excluding hydrogens is 292 g/mol. The van der Waals surface area contributed by atoms with Gasteiger partial charge in [-0.15, -0.1) is 5.10 Å². The van der Waals surface area contributed by atoms with Gasteiger partial charge in [-0.3, -0.25) is 0 Å². The van der Waals surface area contributed by atoms with Crippen molar-refractivity contribution in [3.63, 3.8) is 0 Å². The van der Waals surface area contributed by atoms with E-state index in [4.69, 9.17) is 5.26 Å². The smallest absolute Gasteiger partial charge is 0.186 e. The number of halogens is 1. The topological polar surface area (TPSA) is 54.5 Å². The number of hydrogen-bond acceptors (Lipinski definition) is 3. The van der Waals surface area contributed by atoms with Gasteiger partial charge in [0.2, 0.25) is 0 Å². The standard InChI is InChI=1S/C13H13BrN4/c1-8(2)13-12(7-15)16-17-18(13)10-5-4-9(3)11(14)6-10/h4-6,8H,1-3H3. The molecule has 0 aliphatic heterocycles. The number of hydrogen-bond donors (Lipinski definition) is 0. The van der Waals surface area contributed by atoms with Crippen LogP contribution >= 0.6 is 15.9 Å². The first-order valence-corrected chi connectivity index (χ1v) is 6.46. The maximum Gasteiger partial charge on any atom is 0.186 e. The van der Waals surface area contributed by atoms with Crippen LogP contribution in [0.15, 0.2) is 22.7 Å². The largest absolute Gasteiger partial charge is 0.216 e. The van der Waals surface area contributed by atoms with Crippen LogP contribution in [-0.4, -0.2) is 15.0 Å². The van der Waals surface area contributed by atoms with Crippen molar-refractivity contribution in [1.82, 2.24) is 15.0 Å². The Kier molecular flexibility index (Phi) is 3.48. The van der Waals surface area contributed by atoms with Gasteiger partial charge in [-0.25, -0.2) is 4.68 Å². The number of nitrogens with zero attached hydrogens (tertiary/aromatic N) is 4. The van der Waals surface area contributed by atoms with Crippen LogP contribution in [0.2, 0.25) is 0 Å². The van der Waals surface area contributed by atoms with E-state index < -0.39 is 0 Å². The van der Waals surface area contributed by atoms with Gasteiger partial charge in [0.05, 0.1) is 11.4 Å². The third-order valence-corrected chi connectivity index (χ3v) is 3.61. The van der Waals surface area contributed by atoms with E-state index in [0.29, 0.717) is 5.69 Å². The van der Waals surface area contributed by atoms with Crippen LogP contribution in [0.25, 0.3) is 5.69 Å². The highest BCUT2D eigenvalue weighted by Gasteiger charge is 2.17. The summed E-state index contributed by atoms with van der Waals surface area (Å²) in [5.41, 5.74) is 3.30. The molecule has 0 aliphatic carbocycles. The molecule has 92 valence electrons. The van der Waals surface area contributed by atoms with Crippen molar-refractivity contribution in [3.8, 4) is 11.8 Å². The van der Waals surface area contributed by atoms with E-state index >= 15 is 0 Å². The van der Waals surface area contributed by atoms with Crippen LogP contribution in [0.4, 0.5) is 0 Å². The molecule has 0 N–H and O–H groups in total. The third-order valence-electron chi connectivity index (χ3n) is 2.76. The summed E-state index contributed by atoms with van der Waals surface area (Å²) in [6.45, 7) is 6.08. The second-order valence-electron chi connectivity index (χ2n) is 4.44. The fourth-order valence-electron chi connectivity index (χ4n) is 1.79. The minimum Gasteiger partial charge on any atom is -0.216 e. The van der Waals surface area contributed by atoms with Gasteiger partial charge in [-0.1, -0.05) is 41.1 Å². The predicted molar refractivity (Wildman–Crippen MR) is 72.6 cm³/mol. The normalized spacial score (nSPS) is 10.7. The molecule has 0 spiro atoms. The van der Waals surface area contributed by atoms with E-state index in [1.807, 2.05) is 39.0 Å². The fraction of sp³-hybridized carbons (Fsp3) is 0.308. The zero-order valence-electron chi connectivity index (χ0n) is 10.5. The molecule has 2 rings (SSSR count). The molecule has 0 aliphatic rings. The number of aromatic nitrogens is 3. The maximum atomic E-state index is 9.05. The highest BCUT2D eigenvalue weighted by atomic mass is 79.9. The summed E-state index contributed by atoms with van der Waals surface area (Å²) in [7, 11) is 0. The summed E-state index contributed by atoms with van der Waals surface area (Å²) in [4.78, 5) is 0. The van der Waals surface area contributed by atoms with Crippen molar-refractivity contribution in [3.05, 3.63) is 39.6 Å². The first-order chi connectivity index (χ1) is 8.54. The molecule has 0 amide bonds. The van der Waals surface area contributed by atoms with Crippen molar-refractivity contribution < 1.29 is 0 Å². The molecule has 4 nitrogen and oxygen atoms in total. The average Bonchev–Trinajstić information content (AvgIpc) is 2.76. The minimum atomic E-state index is 0.190. The molecule has 0 atom stereocenters. The summed E-state index contributed by atoms with van der Waals surface area (Å²) in [5.74, 6) is 0.190. The summed E-state index contributed by atoms with van der Waals surface area (Å²) in [6, 6.07) is 8.06. The zero-order chi connectivity index (χ0) is 13.3. The number of nitriles is 1. The van der Waals surface area contributed by atoms with Gasteiger partial charge in [-0.05, 0) is 30.5 Å². The molecule has 0 fully saturated rings. The fourth-order valence-corrected chi connectivity index (χ4v) is 2.16. The molecule has 1 aromatic heterocycles. The molecule has 0 radical (unpaired) electrons. The first kappa shape index (κ1) is 12.8. The van der Waals surface area contributed by atoms with Gasteiger partial charge < -0.3 is 0 Å². The molecule has 1 heterocycles. The Hall–Kier alpha value is -1.67. The zero-order valence-corrected chi connectivity index (χ0v) is 12.1. The van der Waals surface area contributed by atoms with E-state index in [1.165, 1.54) is 0 Å². The summed E-state index contributed by atoms with van der Waals surface area (Å²) in [6.07, 6.45) is 0. The van der Waals surface area contributed by atoms with Crippen LogP contribution in [0, 0.1) is 18.3 Å². The molecule has 1 aromatic carbocycles. The molecule has 2 aromatic rings. The van der Waals surface area contributed by atoms with Crippen LogP contribution < -0.4 is 0 Å². The minimum absolute atomic E-state index is 0.190.